The largest absolute Gasteiger partial charge is 1.00 e. The maximum Gasteiger partial charge on any atom is 1.00 e. The van der Waals surface area contributed by atoms with E-state index in [1.54, 1.807) is 0 Å². The smallest absolute Gasteiger partial charge is 0.358 e. The second kappa shape index (κ2) is 5.70. The summed E-state index contributed by atoms with van der Waals surface area (Å²) in [5.74, 6) is 0. The molecule has 0 amide bonds. The van der Waals surface area contributed by atoms with Crippen molar-refractivity contribution < 1.29 is 63.4 Å². The van der Waals surface area contributed by atoms with Gasteiger partial charge in [-0.3, -0.25) is 10.3 Å². The zero-order chi connectivity index (χ0) is 4.50. The molecule has 0 bridgehead atoms. The van der Waals surface area contributed by atoms with Gasteiger partial charge >= 0.3 is 49.7 Å². The van der Waals surface area contributed by atoms with Crippen LogP contribution in [0.15, 0.2) is 0 Å². The Hall–Kier alpha value is 1.57. The molecule has 7 heavy (non-hydrogen) atoms. The van der Waals surface area contributed by atoms with Crippen molar-refractivity contribution in [3.63, 3.8) is 0 Å². The Morgan fingerprint density at radius 3 is 1.14 bits per heavy atom. The van der Waals surface area contributed by atoms with Crippen LogP contribution >= 0.6 is 0 Å². The minimum Gasteiger partial charge on any atom is -0.358 e. The van der Waals surface area contributed by atoms with Crippen LogP contribution in [-0.2, 0) is 0 Å². The molecule has 40 valence electrons. The summed E-state index contributed by atoms with van der Waals surface area (Å²) in [5, 5.41) is 0. The third-order valence-corrected chi connectivity index (χ3v) is 0. The molecule has 0 aromatic carbocycles. The first kappa shape index (κ1) is 15.8. The van der Waals surface area contributed by atoms with E-state index in [1.165, 1.54) is 0 Å². The van der Waals surface area contributed by atoms with E-state index in [-0.39, 0.29) is 37.0 Å². The molecule has 0 fully saturated rings. The summed E-state index contributed by atoms with van der Waals surface area (Å²) < 4.78 is 33.2. The number of halogens is 1. The van der Waals surface area contributed by atoms with Crippen LogP contribution in [0, 0.1) is 7.43 Å². The second-order valence-corrected chi connectivity index (χ2v) is 2.66. The topological polar surface area (TPSA) is 89.4 Å². The zero-order valence-electron chi connectivity index (χ0n) is 4.05. The van der Waals surface area contributed by atoms with Crippen LogP contribution in [0.1, 0.15) is 0 Å². The molecule has 0 unspecified atom stereocenters. The molecule has 4 nitrogen and oxygen atoms in total. The third-order valence-electron chi connectivity index (χ3n) is 0. The Balaban J connectivity index is -0.0000000800. The van der Waals surface area contributed by atoms with Gasteiger partial charge < -0.3 is 7.43 Å². The van der Waals surface area contributed by atoms with Crippen molar-refractivity contribution in [3.05, 3.63) is 7.43 Å². The molecule has 0 aromatic heterocycles. The van der Waals surface area contributed by atoms with Crippen LogP contribution in [0.2, 0.25) is 0 Å². The molecule has 0 aromatic rings. The van der Waals surface area contributed by atoms with Crippen LogP contribution in [0.3, 0.4) is 0 Å². The average molecular weight is 230 g/mol. The van der Waals surface area contributed by atoms with Gasteiger partial charge in [0, 0.05) is 3.44 Å². The van der Waals surface area contributed by atoms with Crippen molar-refractivity contribution in [1.29, 1.82) is 0 Å². The maximum absolute atomic E-state index is 8.73. The molecule has 6 heteroatoms. The van der Waals surface area contributed by atoms with Gasteiger partial charge in [-0.2, -0.15) is 0 Å². The molecule has 1 N–H and O–H groups in total. The molecular weight excluding hydrogens is 226 g/mol. The van der Waals surface area contributed by atoms with Crippen molar-refractivity contribution >= 4 is 0 Å². The first-order chi connectivity index (χ1) is 2.00. The van der Waals surface area contributed by atoms with Crippen LogP contribution < -0.4 is 60.0 Å². The van der Waals surface area contributed by atoms with E-state index < -0.39 is 20.1 Å². The van der Waals surface area contributed by atoms with Gasteiger partial charge in [0.2, 0.25) is 0 Å². The van der Waals surface area contributed by atoms with E-state index in [0.29, 0.717) is 0 Å². The Kier molecular flexibility index (Phi) is 12.9. The van der Waals surface area contributed by atoms with Crippen molar-refractivity contribution in [1.82, 2.24) is 0 Å². The quantitative estimate of drug-likeness (QED) is 0.254. The van der Waals surface area contributed by atoms with Gasteiger partial charge in [0.25, 0.3) is 0 Å². The van der Waals surface area contributed by atoms with Crippen LogP contribution in [0.25, 0.3) is 0 Å². The molecular formula is CH4INaO4. The summed E-state index contributed by atoms with van der Waals surface area (Å²) in [4.78, 5) is 0. The van der Waals surface area contributed by atoms with E-state index in [0.717, 1.165) is 0 Å². The first-order valence-electron chi connectivity index (χ1n) is 0.632. The summed E-state index contributed by atoms with van der Waals surface area (Å²) in [5.41, 5.74) is 0. The van der Waals surface area contributed by atoms with Crippen molar-refractivity contribution in [3.8, 4) is 0 Å². The van der Waals surface area contributed by atoms with Gasteiger partial charge in [0.05, 0.1) is 0 Å². The van der Waals surface area contributed by atoms with Gasteiger partial charge in [-0.15, -0.1) is 0 Å². The standard InChI is InChI=1S/CH3.HIO4.Na/c;2-1(3,4)5;/h1H3;2H;/q-1;;+1. The average Bonchev–Trinajstić information content (AvgIpc) is 0.722. The molecule has 0 rings (SSSR count). The third kappa shape index (κ3) is 95.3. The number of rotatable bonds is 0. The summed E-state index contributed by atoms with van der Waals surface area (Å²) in [6.07, 6.45) is 0. The van der Waals surface area contributed by atoms with Crippen molar-refractivity contribution in [2.45, 2.75) is 0 Å². The van der Waals surface area contributed by atoms with Crippen LogP contribution in [-0.4, -0.2) is 3.44 Å². The Morgan fingerprint density at radius 1 is 1.14 bits per heavy atom. The fraction of sp³-hybridized carbons (Fsp3) is 0. The predicted molar refractivity (Wildman–Crippen MR) is 8.63 cm³/mol. The monoisotopic (exact) mass is 230 g/mol. The van der Waals surface area contributed by atoms with E-state index in [4.69, 9.17) is 13.7 Å². The van der Waals surface area contributed by atoms with Crippen molar-refractivity contribution in [2.75, 3.05) is 0 Å². The summed E-state index contributed by atoms with van der Waals surface area (Å²) in [7, 11) is 0. The van der Waals surface area contributed by atoms with E-state index in [9.17, 15) is 0 Å². The van der Waals surface area contributed by atoms with Crippen molar-refractivity contribution in [2.24, 2.45) is 0 Å². The minimum absolute atomic E-state index is 0. The summed E-state index contributed by atoms with van der Waals surface area (Å²) in [6, 6.07) is 0. The van der Waals surface area contributed by atoms with E-state index in [1.807, 2.05) is 0 Å². The fourth-order valence-electron chi connectivity index (χ4n) is 0. The van der Waals surface area contributed by atoms with Gasteiger partial charge in [0.15, 0.2) is 0 Å². The molecule has 0 aliphatic rings. The summed E-state index contributed by atoms with van der Waals surface area (Å²) in [6.45, 7) is 0. The zero-order valence-corrected chi connectivity index (χ0v) is 8.21. The van der Waals surface area contributed by atoms with Gasteiger partial charge in [-0.05, 0) is 0 Å². The molecule has 0 spiro atoms. The Bertz CT molecular complexity index is 27.2. The molecule has 0 radical (unpaired) electrons. The Labute approximate surface area is 70.2 Å². The molecule has 0 heterocycles. The molecule has 0 saturated carbocycles. The molecule has 0 aliphatic heterocycles. The molecule has 0 saturated heterocycles. The SMILES string of the molecule is [CH3-].[Na+].[O-][I+3]([O-])([O-])O. The number of hydrogen-bond acceptors (Lipinski definition) is 4. The normalized spacial score (nSPS) is 8.57. The van der Waals surface area contributed by atoms with Gasteiger partial charge in [-0.25, -0.2) is 0 Å². The molecule has 0 aliphatic carbocycles. The van der Waals surface area contributed by atoms with E-state index in [2.05, 4.69) is 0 Å². The van der Waals surface area contributed by atoms with Crippen LogP contribution in [0.5, 0.6) is 0 Å². The van der Waals surface area contributed by atoms with E-state index >= 15 is 0 Å². The second-order valence-electron chi connectivity index (χ2n) is 0.396. The number of hydrogen-bond donors (Lipinski definition) is 1. The first-order valence-corrected chi connectivity index (χ1v) is 4.24. The van der Waals surface area contributed by atoms with Gasteiger partial charge in [0.1, 0.15) is 0 Å². The molecule has 0 atom stereocenters. The minimum atomic E-state index is -5.69. The van der Waals surface area contributed by atoms with Gasteiger partial charge in [-0.1, -0.05) is 0 Å². The summed E-state index contributed by atoms with van der Waals surface area (Å²) >= 11 is -5.69. The fourth-order valence-corrected chi connectivity index (χ4v) is 0. The predicted octanol–water partition coefficient (Wildman–Crippen LogP) is -9.67. The van der Waals surface area contributed by atoms with Crippen LogP contribution in [0.4, 0.5) is 0 Å². The maximum atomic E-state index is 8.73. The Morgan fingerprint density at radius 2 is 1.14 bits per heavy atom.